The summed E-state index contributed by atoms with van der Waals surface area (Å²) < 4.78 is 5.62. The summed E-state index contributed by atoms with van der Waals surface area (Å²) in [6, 6.07) is 0. The number of carbonyl (C=O) groups is 2. The fourth-order valence-electron chi connectivity index (χ4n) is 3.03. The van der Waals surface area contributed by atoms with Gasteiger partial charge in [0.25, 0.3) is 0 Å². The summed E-state index contributed by atoms with van der Waals surface area (Å²) in [7, 11) is 0. The van der Waals surface area contributed by atoms with Gasteiger partial charge in [0.05, 0.1) is 11.8 Å². The van der Waals surface area contributed by atoms with E-state index in [4.69, 9.17) is 4.74 Å². The highest BCUT2D eigenvalue weighted by molar-refractivity contribution is 5.81. The Morgan fingerprint density at radius 1 is 1.20 bits per heavy atom. The molecule has 1 rings (SSSR count). The van der Waals surface area contributed by atoms with Crippen LogP contribution >= 0.6 is 0 Å². The standard InChI is InChI=1S/C16H28O4/c1-4-7-12(10-11(2)3)20-16(19)14-9-6-5-8-13(14)15(17)18/h11-14H,4-10H2,1-3H3,(H,17,18). The lowest BCUT2D eigenvalue weighted by Crippen LogP contribution is -2.35. The first-order valence-corrected chi connectivity index (χ1v) is 7.89. The largest absolute Gasteiger partial charge is 0.481 e. The molecule has 0 saturated heterocycles. The second kappa shape index (κ2) is 8.28. The molecule has 0 aliphatic heterocycles. The van der Waals surface area contributed by atoms with Gasteiger partial charge in [0.2, 0.25) is 0 Å². The zero-order valence-corrected chi connectivity index (χ0v) is 12.9. The van der Waals surface area contributed by atoms with E-state index in [0.717, 1.165) is 32.1 Å². The summed E-state index contributed by atoms with van der Waals surface area (Å²) in [5.74, 6) is -1.69. The Morgan fingerprint density at radius 3 is 2.30 bits per heavy atom. The smallest absolute Gasteiger partial charge is 0.310 e. The van der Waals surface area contributed by atoms with Gasteiger partial charge in [-0.25, -0.2) is 0 Å². The van der Waals surface area contributed by atoms with Gasteiger partial charge in [0.15, 0.2) is 0 Å². The highest BCUT2D eigenvalue weighted by Crippen LogP contribution is 2.32. The first kappa shape index (κ1) is 17.0. The number of rotatable bonds is 7. The number of hydrogen-bond donors (Lipinski definition) is 1. The fraction of sp³-hybridized carbons (Fsp3) is 0.875. The van der Waals surface area contributed by atoms with Crippen LogP contribution < -0.4 is 0 Å². The van der Waals surface area contributed by atoms with Crippen molar-refractivity contribution in [3.63, 3.8) is 0 Å². The molecule has 0 bridgehead atoms. The molecule has 0 radical (unpaired) electrons. The third-order valence-corrected chi connectivity index (χ3v) is 4.01. The predicted molar refractivity (Wildman–Crippen MR) is 77.3 cm³/mol. The van der Waals surface area contributed by atoms with E-state index in [1.165, 1.54) is 0 Å². The normalized spacial score (nSPS) is 24.4. The highest BCUT2D eigenvalue weighted by Gasteiger charge is 2.37. The van der Waals surface area contributed by atoms with E-state index in [-0.39, 0.29) is 12.1 Å². The molecule has 116 valence electrons. The Morgan fingerprint density at radius 2 is 1.80 bits per heavy atom. The number of carbonyl (C=O) groups excluding carboxylic acids is 1. The quantitative estimate of drug-likeness (QED) is 0.725. The van der Waals surface area contributed by atoms with Crippen LogP contribution in [0, 0.1) is 17.8 Å². The number of esters is 1. The maximum Gasteiger partial charge on any atom is 0.310 e. The summed E-state index contributed by atoms with van der Waals surface area (Å²) in [5.41, 5.74) is 0. The van der Waals surface area contributed by atoms with Crippen LogP contribution in [0.15, 0.2) is 0 Å². The van der Waals surface area contributed by atoms with E-state index in [1.807, 2.05) is 0 Å². The van der Waals surface area contributed by atoms with Gasteiger partial charge in [-0.3, -0.25) is 9.59 Å². The molecule has 0 spiro atoms. The Kier molecular flexibility index (Phi) is 7.03. The first-order valence-electron chi connectivity index (χ1n) is 7.89. The van der Waals surface area contributed by atoms with Crippen LogP contribution in [0.4, 0.5) is 0 Å². The topological polar surface area (TPSA) is 63.6 Å². The average Bonchev–Trinajstić information content (AvgIpc) is 2.38. The van der Waals surface area contributed by atoms with Crippen molar-refractivity contribution in [2.24, 2.45) is 17.8 Å². The summed E-state index contributed by atoms with van der Waals surface area (Å²) >= 11 is 0. The van der Waals surface area contributed by atoms with E-state index >= 15 is 0 Å². The van der Waals surface area contributed by atoms with Gasteiger partial charge in [-0.2, -0.15) is 0 Å². The van der Waals surface area contributed by atoms with Crippen molar-refractivity contribution in [2.75, 3.05) is 0 Å². The molecule has 1 N–H and O–H groups in total. The molecule has 1 fully saturated rings. The number of carboxylic acid groups (broad SMARTS) is 1. The number of hydrogen-bond acceptors (Lipinski definition) is 3. The highest BCUT2D eigenvalue weighted by atomic mass is 16.5. The lowest BCUT2D eigenvalue weighted by molar-refractivity contribution is -0.164. The molecule has 1 saturated carbocycles. The van der Waals surface area contributed by atoms with Crippen LogP contribution in [0.1, 0.15) is 65.7 Å². The Labute approximate surface area is 121 Å². The molecule has 1 aliphatic rings. The molecule has 3 unspecified atom stereocenters. The average molecular weight is 284 g/mol. The van der Waals surface area contributed by atoms with E-state index in [1.54, 1.807) is 0 Å². The second-order valence-electron chi connectivity index (χ2n) is 6.31. The Hall–Kier alpha value is -1.06. The molecule has 0 aromatic rings. The molecule has 0 heterocycles. The van der Waals surface area contributed by atoms with E-state index in [9.17, 15) is 14.7 Å². The molecule has 0 aromatic heterocycles. The van der Waals surface area contributed by atoms with Crippen molar-refractivity contribution in [1.82, 2.24) is 0 Å². The number of ether oxygens (including phenoxy) is 1. The Bertz CT molecular complexity index is 324. The van der Waals surface area contributed by atoms with Crippen LogP contribution in [-0.4, -0.2) is 23.1 Å². The second-order valence-corrected chi connectivity index (χ2v) is 6.31. The van der Waals surface area contributed by atoms with Crippen molar-refractivity contribution in [3.05, 3.63) is 0 Å². The van der Waals surface area contributed by atoms with Gasteiger partial charge in [-0.05, 0) is 31.6 Å². The predicted octanol–water partition coefficient (Wildman–Crippen LogP) is 3.64. The third-order valence-electron chi connectivity index (χ3n) is 4.01. The Balaban J connectivity index is 2.63. The maximum atomic E-state index is 12.3. The molecule has 1 aliphatic carbocycles. The molecular formula is C16H28O4. The first-order chi connectivity index (χ1) is 9.45. The minimum atomic E-state index is -0.859. The molecule has 4 heteroatoms. The van der Waals surface area contributed by atoms with Gasteiger partial charge in [-0.1, -0.05) is 40.0 Å². The van der Waals surface area contributed by atoms with Gasteiger partial charge in [0.1, 0.15) is 6.10 Å². The maximum absolute atomic E-state index is 12.3. The third kappa shape index (κ3) is 5.14. The SMILES string of the molecule is CCCC(CC(C)C)OC(=O)C1CCCCC1C(=O)O. The summed E-state index contributed by atoms with van der Waals surface area (Å²) in [5, 5.41) is 9.23. The van der Waals surface area contributed by atoms with Gasteiger partial charge < -0.3 is 9.84 Å². The fourth-order valence-corrected chi connectivity index (χ4v) is 3.03. The zero-order valence-electron chi connectivity index (χ0n) is 12.9. The van der Waals surface area contributed by atoms with Gasteiger partial charge in [0, 0.05) is 0 Å². The van der Waals surface area contributed by atoms with Crippen LogP contribution in [0.2, 0.25) is 0 Å². The summed E-state index contributed by atoms with van der Waals surface area (Å²) in [4.78, 5) is 23.5. The lowest BCUT2D eigenvalue weighted by atomic mass is 9.79. The molecule has 0 aromatic carbocycles. The van der Waals surface area contributed by atoms with Crippen molar-refractivity contribution in [1.29, 1.82) is 0 Å². The molecular weight excluding hydrogens is 256 g/mol. The molecule has 3 atom stereocenters. The van der Waals surface area contributed by atoms with Crippen LogP contribution in [0.5, 0.6) is 0 Å². The molecule has 20 heavy (non-hydrogen) atoms. The van der Waals surface area contributed by atoms with E-state index in [2.05, 4.69) is 20.8 Å². The van der Waals surface area contributed by atoms with E-state index in [0.29, 0.717) is 18.8 Å². The van der Waals surface area contributed by atoms with Gasteiger partial charge >= 0.3 is 11.9 Å². The van der Waals surface area contributed by atoms with Crippen molar-refractivity contribution in [3.8, 4) is 0 Å². The zero-order chi connectivity index (χ0) is 15.1. The number of aliphatic carboxylic acids is 1. The van der Waals surface area contributed by atoms with Gasteiger partial charge in [-0.15, -0.1) is 0 Å². The van der Waals surface area contributed by atoms with Crippen LogP contribution in [-0.2, 0) is 14.3 Å². The van der Waals surface area contributed by atoms with Crippen LogP contribution in [0.25, 0.3) is 0 Å². The minimum absolute atomic E-state index is 0.0659. The molecule has 0 amide bonds. The summed E-state index contributed by atoms with van der Waals surface area (Å²) in [6.45, 7) is 6.29. The van der Waals surface area contributed by atoms with Crippen molar-refractivity contribution in [2.45, 2.75) is 71.8 Å². The summed E-state index contributed by atoms with van der Waals surface area (Å²) in [6.07, 6.45) is 5.67. The monoisotopic (exact) mass is 284 g/mol. The van der Waals surface area contributed by atoms with Crippen molar-refractivity contribution < 1.29 is 19.4 Å². The van der Waals surface area contributed by atoms with Crippen molar-refractivity contribution >= 4 is 11.9 Å². The molecule has 4 nitrogen and oxygen atoms in total. The van der Waals surface area contributed by atoms with Crippen LogP contribution in [0.3, 0.4) is 0 Å². The number of carboxylic acids is 1. The minimum Gasteiger partial charge on any atom is -0.481 e. The van der Waals surface area contributed by atoms with E-state index < -0.39 is 17.8 Å². The lowest BCUT2D eigenvalue weighted by Gasteiger charge is -2.29.